The second kappa shape index (κ2) is 9.39. The molecular weight excluding hydrogens is 306 g/mol. The van der Waals surface area contributed by atoms with Gasteiger partial charge in [-0.1, -0.05) is 6.07 Å². The van der Waals surface area contributed by atoms with Crippen LogP contribution in [0.15, 0.2) is 48.7 Å². The van der Waals surface area contributed by atoms with E-state index in [9.17, 15) is 4.79 Å². The summed E-state index contributed by atoms with van der Waals surface area (Å²) in [6.45, 7) is 5.26. The summed E-state index contributed by atoms with van der Waals surface area (Å²) in [7, 11) is 0. The Morgan fingerprint density at radius 1 is 1.12 bits per heavy atom. The average Bonchev–Trinajstić information content (AvgIpc) is 2.61. The van der Waals surface area contributed by atoms with Crippen LogP contribution in [0.4, 0.5) is 4.79 Å². The SMILES string of the molecule is CCOc1ccc(OCCNC(=O)N[C@@H](C)c2ccccn2)cc1. The predicted octanol–water partition coefficient (Wildman–Crippen LogP) is 2.92. The molecule has 1 atom stereocenters. The minimum absolute atomic E-state index is 0.154. The molecule has 2 amide bonds. The quantitative estimate of drug-likeness (QED) is 0.731. The third-order valence-corrected chi connectivity index (χ3v) is 3.27. The van der Waals surface area contributed by atoms with Gasteiger partial charge in [0.05, 0.1) is 24.9 Å². The van der Waals surface area contributed by atoms with Gasteiger partial charge in [-0.15, -0.1) is 0 Å². The average molecular weight is 329 g/mol. The molecule has 2 rings (SSSR count). The highest BCUT2D eigenvalue weighted by molar-refractivity contribution is 5.74. The van der Waals surface area contributed by atoms with Crippen LogP contribution < -0.4 is 20.1 Å². The molecule has 0 aliphatic heterocycles. The summed E-state index contributed by atoms with van der Waals surface area (Å²) >= 11 is 0. The van der Waals surface area contributed by atoms with Crippen molar-refractivity contribution in [2.24, 2.45) is 0 Å². The number of ether oxygens (including phenoxy) is 2. The van der Waals surface area contributed by atoms with Crippen molar-refractivity contribution >= 4 is 6.03 Å². The first-order valence-corrected chi connectivity index (χ1v) is 8.00. The topological polar surface area (TPSA) is 72.5 Å². The van der Waals surface area contributed by atoms with Crippen molar-refractivity contribution in [2.75, 3.05) is 19.8 Å². The number of carbonyl (C=O) groups is 1. The van der Waals surface area contributed by atoms with E-state index in [4.69, 9.17) is 9.47 Å². The Labute approximate surface area is 142 Å². The van der Waals surface area contributed by atoms with Gasteiger partial charge in [-0.3, -0.25) is 4.98 Å². The minimum Gasteiger partial charge on any atom is -0.494 e. The first-order valence-electron chi connectivity index (χ1n) is 8.00. The Hall–Kier alpha value is -2.76. The predicted molar refractivity (Wildman–Crippen MR) is 92.3 cm³/mol. The third kappa shape index (κ3) is 5.79. The molecule has 0 fully saturated rings. The first-order chi connectivity index (χ1) is 11.7. The molecule has 6 heteroatoms. The van der Waals surface area contributed by atoms with E-state index >= 15 is 0 Å². The number of nitrogens with zero attached hydrogens (tertiary/aromatic N) is 1. The van der Waals surface area contributed by atoms with E-state index in [0.29, 0.717) is 19.8 Å². The Morgan fingerprint density at radius 2 is 1.83 bits per heavy atom. The zero-order valence-electron chi connectivity index (χ0n) is 14.0. The van der Waals surface area contributed by atoms with Gasteiger partial charge < -0.3 is 20.1 Å². The number of pyridine rings is 1. The van der Waals surface area contributed by atoms with Gasteiger partial charge in [0.1, 0.15) is 18.1 Å². The smallest absolute Gasteiger partial charge is 0.315 e. The van der Waals surface area contributed by atoms with Crippen molar-refractivity contribution in [3.05, 3.63) is 54.4 Å². The highest BCUT2D eigenvalue weighted by atomic mass is 16.5. The molecule has 1 aromatic carbocycles. The summed E-state index contributed by atoms with van der Waals surface area (Å²) in [6, 6.07) is 12.6. The highest BCUT2D eigenvalue weighted by Gasteiger charge is 2.09. The lowest BCUT2D eigenvalue weighted by Crippen LogP contribution is -2.39. The summed E-state index contributed by atoms with van der Waals surface area (Å²) in [5, 5.41) is 5.59. The van der Waals surface area contributed by atoms with E-state index in [-0.39, 0.29) is 12.1 Å². The molecule has 2 N–H and O–H groups in total. The maximum atomic E-state index is 11.8. The van der Waals surface area contributed by atoms with Crippen LogP contribution >= 0.6 is 0 Å². The number of carbonyl (C=O) groups excluding carboxylic acids is 1. The molecule has 24 heavy (non-hydrogen) atoms. The van der Waals surface area contributed by atoms with Crippen molar-refractivity contribution in [1.29, 1.82) is 0 Å². The van der Waals surface area contributed by atoms with Crippen LogP contribution in [-0.2, 0) is 0 Å². The zero-order valence-corrected chi connectivity index (χ0v) is 14.0. The van der Waals surface area contributed by atoms with Crippen molar-refractivity contribution in [2.45, 2.75) is 19.9 Å². The number of hydrogen-bond acceptors (Lipinski definition) is 4. The molecule has 0 spiro atoms. The zero-order chi connectivity index (χ0) is 17.2. The van der Waals surface area contributed by atoms with E-state index in [1.807, 2.05) is 56.3 Å². The van der Waals surface area contributed by atoms with E-state index < -0.39 is 0 Å². The van der Waals surface area contributed by atoms with Gasteiger partial charge in [0.25, 0.3) is 0 Å². The molecular formula is C18H23N3O3. The maximum absolute atomic E-state index is 11.8. The second-order valence-electron chi connectivity index (χ2n) is 5.13. The van der Waals surface area contributed by atoms with Gasteiger partial charge in [0.2, 0.25) is 0 Å². The van der Waals surface area contributed by atoms with Crippen LogP contribution in [-0.4, -0.2) is 30.8 Å². The van der Waals surface area contributed by atoms with Crippen molar-refractivity contribution < 1.29 is 14.3 Å². The fourth-order valence-electron chi connectivity index (χ4n) is 2.09. The summed E-state index contributed by atoms with van der Waals surface area (Å²) in [5.41, 5.74) is 0.818. The normalized spacial score (nSPS) is 11.4. The van der Waals surface area contributed by atoms with Gasteiger partial charge in [0.15, 0.2) is 0 Å². The van der Waals surface area contributed by atoms with Crippen LogP contribution in [0.3, 0.4) is 0 Å². The Bertz CT molecular complexity index is 617. The number of rotatable bonds is 8. The first kappa shape index (κ1) is 17.6. The molecule has 6 nitrogen and oxygen atoms in total. The van der Waals surface area contributed by atoms with E-state index in [1.54, 1.807) is 6.20 Å². The molecule has 0 saturated carbocycles. The van der Waals surface area contributed by atoms with Crippen LogP contribution in [0.5, 0.6) is 11.5 Å². The Kier molecular flexibility index (Phi) is 6.89. The number of urea groups is 1. The van der Waals surface area contributed by atoms with Crippen LogP contribution in [0, 0.1) is 0 Å². The van der Waals surface area contributed by atoms with E-state index in [0.717, 1.165) is 17.2 Å². The summed E-state index contributed by atoms with van der Waals surface area (Å²) < 4.78 is 10.9. The monoisotopic (exact) mass is 329 g/mol. The summed E-state index contributed by atoms with van der Waals surface area (Å²) in [4.78, 5) is 16.0. The van der Waals surface area contributed by atoms with E-state index in [1.165, 1.54) is 0 Å². The van der Waals surface area contributed by atoms with Gasteiger partial charge in [-0.05, 0) is 50.2 Å². The molecule has 0 unspecified atom stereocenters. The van der Waals surface area contributed by atoms with Crippen LogP contribution in [0.2, 0.25) is 0 Å². The molecule has 128 valence electrons. The molecule has 1 heterocycles. The number of nitrogens with one attached hydrogen (secondary N) is 2. The molecule has 1 aromatic heterocycles. The number of aromatic nitrogens is 1. The van der Waals surface area contributed by atoms with Gasteiger partial charge >= 0.3 is 6.03 Å². The largest absolute Gasteiger partial charge is 0.494 e. The molecule has 0 saturated heterocycles. The maximum Gasteiger partial charge on any atom is 0.315 e. The standard InChI is InChI=1S/C18H23N3O3/c1-3-23-15-7-9-16(10-8-15)24-13-12-20-18(22)21-14(2)17-6-4-5-11-19-17/h4-11,14H,3,12-13H2,1-2H3,(H2,20,21,22)/t14-/m0/s1. The van der Waals surface area contributed by atoms with Gasteiger partial charge in [-0.2, -0.15) is 0 Å². The van der Waals surface area contributed by atoms with Crippen molar-refractivity contribution in [3.8, 4) is 11.5 Å². The number of benzene rings is 1. The fraction of sp³-hybridized carbons (Fsp3) is 0.333. The lowest BCUT2D eigenvalue weighted by atomic mass is 10.2. The molecule has 0 bridgehead atoms. The summed E-state index contributed by atoms with van der Waals surface area (Å²) in [6.07, 6.45) is 1.70. The van der Waals surface area contributed by atoms with Crippen LogP contribution in [0.25, 0.3) is 0 Å². The second-order valence-corrected chi connectivity index (χ2v) is 5.13. The lowest BCUT2D eigenvalue weighted by Gasteiger charge is -2.14. The third-order valence-electron chi connectivity index (χ3n) is 3.27. The minimum atomic E-state index is -0.247. The van der Waals surface area contributed by atoms with Crippen molar-refractivity contribution in [1.82, 2.24) is 15.6 Å². The highest BCUT2D eigenvalue weighted by Crippen LogP contribution is 2.17. The molecule has 0 aliphatic carbocycles. The molecule has 2 aromatic rings. The van der Waals surface area contributed by atoms with Crippen molar-refractivity contribution in [3.63, 3.8) is 0 Å². The molecule has 0 radical (unpaired) electrons. The lowest BCUT2D eigenvalue weighted by molar-refractivity contribution is 0.233. The molecule has 0 aliphatic rings. The van der Waals surface area contributed by atoms with E-state index in [2.05, 4.69) is 15.6 Å². The Balaban J connectivity index is 1.65. The van der Waals surface area contributed by atoms with Crippen LogP contribution in [0.1, 0.15) is 25.6 Å². The fourth-order valence-corrected chi connectivity index (χ4v) is 2.09. The Morgan fingerprint density at radius 3 is 2.46 bits per heavy atom. The number of amides is 2. The number of hydrogen-bond donors (Lipinski definition) is 2. The van der Waals surface area contributed by atoms with Gasteiger partial charge in [0, 0.05) is 6.20 Å². The summed E-state index contributed by atoms with van der Waals surface area (Å²) in [5.74, 6) is 1.55. The van der Waals surface area contributed by atoms with Gasteiger partial charge in [-0.25, -0.2) is 4.79 Å².